The van der Waals surface area contributed by atoms with Gasteiger partial charge in [-0.1, -0.05) is 13.8 Å². The van der Waals surface area contributed by atoms with E-state index >= 15 is 0 Å². The molecule has 1 saturated heterocycles. The normalized spacial score (nSPS) is 24.1. The maximum atomic E-state index is 13.6. The van der Waals surface area contributed by atoms with Crippen LogP contribution in [0.3, 0.4) is 0 Å². The first-order chi connectivity index (χ1) is 16.1. The van der Waals surface area contributed by atoms with Crippen molar-refractivity contribution in [1.29, 1.82) is 0 Å². The molecule has 4 heterocycles. The zero-order valence-electron chi connectivity index (χ0n) is 18.8. The molecule has 0 radical (unpaired) electrons. The van der Waals surface area contributed by atoms with E-state index in [9.17, 15) is 18.0 Å². The quantitative estimate of drug-likeness (QED) is 0.609. The molecule has 3 unspecified atom stereocenters. The van der Waals surface area contributed by atoms with Gasteiger partial charge in [0, 0.05) is 37.7 Å². The summed E-state index contributed by atoms with van der Waals surface area (Å²) in [5, 5.41) is 14.9. The summed E-state index contributed by atoms with van der Waals surface area (Å²) in [7, 11) is 1.55. The zero-order valence-corrected chi connectivity index (χ0v) is 18.8. The second-order valence-corrected chi connectivity index (χ2v) is 8.94. The fraction of sp³-hybridized carbons (Fsp3) is 0.524. The molecule has 34 heavy (non-hydrogen) atoms. The summed E-state index contributed by atoms with van der Waals surface area (Å²) >= 11 is 0. The Morgan fingerprint density at radius 3 is 2.74 bits per heavy atom. The van der Waals surface area contributed by atoms with Crippen molar-refractivity contribution < 1.29 is 22.4 Å². The summed E-state index contributed by atoms with van der Waals surface area (Å²) in [6.45, 7) is 4.01. The van der Waals surface area contributed by atoms with E-state index in [0.29, 0.717) is 43.2 Å². The highest BCUT2D eigenvalue weighted by Gasteiger charge is 2.62. The van der Waals surface area contributed by atoms with E-state index in [-0.39, 0.29) is 23.2 Å². The predicted octanol–water partition coefficient (Wildman–Crippen LogP) is 3.77. The van der Waals surface area contributed by atoms with Crippen LogP contribution in [-0.2, 0) is 25.2 Å². The Labute approximate surface area is 192 Å². The molecule has 1 aliphatic carbocycles. The minimum atomic E-state index is -4.66. The van der Waals surface area contributed by atoms with Gasteiger partial charge in [-0.3, -0.25) is 10.00 Å². The molecule has 180 valence electrons. The SMILES string of the molecule is CCc1nnc(C23CC(C)CC(C2)N3C(=O)Nc2cc(-c3ncn(C)n3)c(C(F)(F)F)cn2)o1. The van der Waals surface area contributed by atoms with Crippen LogP contribution in [0.15, 0.2) is 23.0 Å². The maximum Gasteiger partial charge on any atom is 0.418 e. The summed E-state index contributed by atoms with van der Waals surface area (Å²) in [4.78, 5) is 22.8. The third kappa shape index (κ3) is 3.59. The molecule has 1 N–H and O–H groups in total. The Balaban J connectivity index is 1.46. The van der Waals surface area contributed by atoms with Crippen LogP contribution in [0.2, 0.25) is 0 Å². The highest BCUT2D eigenvalue weighted by molar-refractivity contribution is 5.90. The number of nitrogens with one attached hydrogen (secondary N) is 1. The molecule has 2 bridgehead atoms. The van der Waals surface area contributed by atoms with E-state index in [0.717, 1.165) is 12.5 Å². The molecule has 2 fully saturated rings. The molecule has 0 spiro atoms. The van der Waals surface area contributed by atoms with Gasteiger partial charge in [-0.05, 0) is 24.8 Å². The van der Waals surface area contributed by atoms with Crippen LogP contribution in [0.1, 0.15) is 50.5 Å². The lowest BCUT2D eigenvalue weighted by Gasteiger charge is -2.61. The van der Waals surface area contributed by atoms with Crippen LogP contribution in [0.4, 0.5) is 23.8 Å². The van der Waals surface area contributed by atoms with Crippen molar-refractivity contribution >= 4 is 11.8 Å². The predicted molar refractivity (Wildman–Crippen MR) is 112 cm³/mol. The number of pyridine rings is 1. The molecule has 1 aliphatic heterocycles. The lowest BCUT2D eigenvalue weighted by atomic mass is 9.64. The van der Waals surface area contributed by atoms with Gasteiger partial charge >= 0.3 is 12.2 Å². The van der Waals surface area contributed by atoms with Gasteiger partial charge in [0.2, 0.25) is 11.8 Å². The van der Waals surface area contributed by atoms with Gasteiger partial charge in [-0.25, -0.2) is 14.8 Å². The molecule has 2 amide bonds. The second kappa shape index (κ2) is 7.77. The summed E-state index contributed by atoms with van der Waals surface area (Å²) in [6.07, 6.45) is 0.0671. The van der Waals surface area contributed by atoms with Gasteiger partial charge in [0.1, 0.15) is 17.7 Å². The Hall–Kier alpha value is -3.51. The summed E-state index contributed by atoms with van der Waals surface area (Å²) in [5.41, 5.74) is -1.99. The number of aryl methyl sites for hydroxylation is 2. The molecule has 10 nitrogen and oxygen atoms in total. The van der Waals surface area contributed by atoms with Gasteiger partial charge in [-0.15, -0.1) is 10.2 Å². The van der Waals surface area contributed by atoms with Crippen molar-refractivity contribution in [2.75, 3.05) is 5.32 Å². The lowest BCUT2D eigenvalue weighted by molar-refractivity contribution is -0.137. The number of nitrogens with zero attached hydrogens (tertiary/aromatic N) is 7. The molecule has 5 rings (SSSR count). The number of urea groups is 1. The first-order valence-corrected chi connectivity index (χ1v) is 11.0. The van der Waals surface area contributed by atoms with Crippen molar-refractivity contribution in [3.8, 4) is 11.4 Å². The highest BCUT2D eigenvalue weighted by atomic mass is 19.4. The average molecular weight is 476 g/mol. The van der Waals surface area contributed by atoms with E-state index in [1.54, 1.807) is 11.9 Å². The molecule has 0 aromatic carbocycles. The fourth-order valence-electron chi connectivity index (χ4n) is 5.10. The molecule has 3 aromatic rings. The monoisotopic (exact) mass is 476 g/mol. The van der Waals surface area contributed by atoms with Crippen LogP contribution in [0.5, 0.6) is 0 Å². The van der Waals surface area contributed by atoms with E-state index in [1.165, 1.54) is 11.0 Å². The van der Waals surface area contributed by atoms with Gasteiger partial charge in [0.15, 0.2) is 5.82 Å². The largest absolute Gasteiger partial charge is 0.423 e. The molecule has 3 aromatic heterocycles. The first kappa shape index (κ1) is 22.3. The Kier molecular flexibility index (Phi) is 5.10. The number of aromatic nitrogens is 6. The van der Waals surface area contributed by atoms with Gasteiger partial charge in [0.25, 0.3) is 0 Å². The number of fused-ring (bicyclic) bond motifs is 2. The third-order valence-corrected chi connectivity index (χ3v) is 6.43. The summed E-state index contributed by atoms with van der Waals surface area (Å²) < 4.78 is 47.8. The van der Waals surface area contributed by atoms with E-state index in [4.69, 9.17) is 4.42 Å². The van der Waals surface area contributed by atoms with Crippen LogP contribution < -0.4 is 5.32 Å². The van der Waals surface area contributed by atoms with Crippen LogP contribution in [0, 0.1) is 5.92 Å². The number of rotatable bonds is 4. The zero-order chi connectivity index (χ0) is 24.3. The van der Waals surface area contributed by atoms with Gasteiger partial charge in [-0.2, -0.15) is 18.3 Å². The average Bonchev–Trinajstić information content (AvgIpc) is 3.41. The molecular formula is C21H23F3N8O2. The lowest BCUT2D eigenvalue weighted by Crippen LogP contribution is -2.70. The van der Waals surface area contributed by atoms with Gasteiger partial charge < -0.3 is 9.32 Å². The van der Waals surface area contributed by atoms with Crippen LogP contribution in [-0.4, -0.2) is 46.9 Å². The summed E-state index contributed by atoms with van der Waals surface area (Å²) in [5.74, 6) is 1.08. The number of likely N-dealkylation sites (tertiary alicyclic amines) is 1. The number of carbonyl (C=O) groups is 1. The van der Waals surface area contributed by atoms with E-state index in [2.05, 4.69) is 37.5 Å². The Morgan fingerprint density at radius 1 is 1.29 bits per heavy atom. The van der Waals surface area contributed by atoms with Crippen molar-refractivity contribution in [1.82, 2.24) is 34.8 Å². The molecular weight excluding hydrogens is 453 g/mol. The van der Waals surface area contributed by atoms with Crippen molar-refractivity contribution in [3.63, 3.8) is 0 Å². The Bertz CT molecular complexity index is 1240. The van der Waals surface area contributed by atoms with E-state index < -0.39 is 23.3 Å². The number of halogens is 3. The number of anilines is 1. The van der Waals surface area contributed by atoms with E-state index in [1.807, 2.05) is 6.92 Å². The second-order valence-electron chi connectivity index (χ2n) is 8.94. The molecule has 1 saturated carbocycles. The van der Waals surface area contributed by atoms with Crippen molar-refractivity contribution in [2.24, 2.45) is 13.0 Å². The molecule has 3 atom stereocenters. The smallest absolute Gasteiger partial charge is 0.418 e. The number of hydrogen-bond donors (Lipinski definition) is 1. The number of amides is 2. The number of alkyl halides is 3. The standard InChI is InChI=1S/C21H23F3N8O2/c1-4-16-28-29-18(34-16)20-7-11(2)5-12(8-20)32(20)19(33)27-15-6-13(17-26-10-31(3)30-17)14(9-25-15)21(22,23)24/h6,9-12H,4-5,7-8H2,1-3H3,(H,25,27,33). The Morgan fingerprint density at radius 2 is 2.09 bits per heavy atom. The molecule has 13 heteroatoms. The minimum Gasteiger partial charge on any atom is -0.423 e. The summed E-state index contributed by atoms with van der Waals surface area (Å²) in [6, 6.07) is 0.627. The number of hydrogen-bond acceptors (Lipinski definition) is 7. The first-order valence-electron chi connectivity index (χ1n) is 11.0. The highest BCUT2D eigenvalue weighted by Crippen LogP contribution is 2.55. The molecule has 2 aliphatic rings. The maximum absolute atomic E-state index is 13.6. The van der Waals surface area contributed by atoms with Crippen LogP contribution >= 0.6 is 0 Å². The third-order valence-electron chi connectivity index (χ3n) is 6.43. The number of piperidine rings is 1. The van der Waals surface area contributed by atoms with Crippen molar-refractivity contribution in [2.45, 2.75) is 57.3 Å². The topological polar surface area (TPSA) is 115 Å². The number of carbonyl (C=O) groups excluding carboxylic acids is 1. The fourth-order valence-corrected chi connectivity index (χ4v) is 5.10. The van der Waals surface area contributed by atoms with Gasteiger partial charge in [0.05, 0.1) is 5.56 Å². The van der Waals surface area contributed by atoms with Crippen molar-refractivity contribution in [3.05, 3.63) is 35.9 Å². The van der Waals surface area contributed by atoms with Crippen LogP contribution in [0.25, 0.3) is 11.4 Å². The minimum absolute atomic E-state index is 0.0339.